The minimum Gasteiger partial charge on any atom is -0.313 e. The Morgan fingerprint density at radius 3 is 2.59 bits per heavy atom. The van der Waals surface area contributed by atoms with Gasteiger partial charge in [-0.25, -0.2) is 0 Å². The van der Waals surface area contributed by atoms with Gasteiger partial charge in [0, 0.05) is 18.2 Å². The third-order valence-electron chi connectivity index (χ3n) is 3.06. The number of carbonyl (C=O) groups is 1. The van der Waals surface area contributed by atoms with Gasteiger partial charge in [0.25, 0.3) is 0 Å². The fourth-order valence-corrected chi connectivity index (χ4v) is 2.18. The number of nitriles is 2. The monoisotopic (exact) mass is 319 g/mol. The molecule has 116 valence electrons. The molecule has 0 saturated heterocycles. The smallest absolute Gasteiger partial charge is 0.248 e. The molecule has 1 aromatic rings. The molecule has 7 heteroatoms. The van der Waals surface area contributed by atoms with Gasteiger partial charge in [-0.2, -0.15) is 15.6 Å². The molecule has 1 amide bonds. The summed E-state index contributed by atoms with van der Waals surface area (Å²) in [6, 6.07) is 3.72. The van der Waals surface area contributed by atoms with E-state index in [9.17, 15) is 4.79 Å². The summed E-state index contributed by atoms with van der Waals surface area (Å²) >= 11 is 6.27. The fraction of sp³-hybridized carbons (Fsp3) is 0.467. The highest BCUT2D eigenvalue weighted by atomic mass is 35.5. The first-order chi connectivity index (χ1) is 10.5. The third kappa shape index (κ3) is 4.61. The van der Waals surface area contributed by atoms with E-state index in [-0.39, 0.29) is 13.1 Å². The van der Waals surface area contributed by atoms with Crippen molar-refractivity contribution < 1.29 is 4.79 Å². The van der Waals surface area contributed by atoms with E-state index in [2.05, 4.69) is 12.0 Å². The van der Waals surface area contributed by atoms with Crippen LogP contribution in [0.3, 0.4) is 0 Å². The Labute approximate surface area is 135 Å². The quantitative estimate of drug-likeness (QED) is 0.571. The molecule has 22 heavy (non-hydrogen) atoms. The van der Waals surface area contributed by atoms with Crippen LogP contribution in [-0.2, 0) is 11.3 Å². The molecule has 0 aromatic carbocycles. The predicted molar refractivity (Wildman–Crippen MR) is 83.7 cm³/mol. The molecule has 1 heterocycles. The minimum absolute atomic E-state index is 0.126. The van der Waals surface area contributed by atoms with Crippen LogP contribution in [0.1, 0.15) is 31.0 Å². The van der Waals surface area contributed by atoms with Gasteiger partial charge in [-0.05, 0) is 19.4 Å². The van der Waals surface area contributed by atoms with Crippen LogP contribution in [0.2, 0.25) is 5.15 Å². The zero-order valence-electron chi connectivity index (χ0n) is 12.7. The van der Waals surface area contributed by atoms with Crippen LogP contribution < -0.4 is 0 Å². The molecule has 1 rings (SSSR count). The number of hydrogen-bond acceptors (Lipinski definition) is 4. The van der Waals surface area contributed by atoms with E-state index in [0.29, 0.717) is 10.7 Å². The predicted octanol–water partition coefficient (Wildman–Crippen LogP) is 2.53. The molecule has 0 fully saturated rings. The van der Waals surface area contributed by atoms with E-state index in [0.717, 1.165) is 30.0 Å². The maximum atomic E-state index is 12.0. The number of rotatable bonds is 7. The molecule has 0 radical (unpaired) electrons. The maximum absolute atomic E-state index is 12.0. The molecular formula is C15H18ClN5O. The first-order valence-corrected chi connectivity index (χ1v) is 7.36. The standard InChI is InChI=1S/C15H18ClN5O/c1-3-4-9-21-15(16)13(12(2)19-21)5-6-14(22)20(10-7-17)11-8-18/h5-6H,3-4,9-11H2,1-2H3/b6-5+. The molecule has 0 aliphatic rings. The Kier molecular flexibility index (Phi) is 7.15. The van der Waals surface area contributed by atoms with Gasteiger partial charge in [-0.1, -0.05) is 24.9 Å². The molecule has 0 aliphatic carbocycles. The fourth-order valence-electron chi connectivity index (χ4n) is 1.86. The molecular weight excluding hydrogens is 302 g/mol. The number of nitrogens with zero attached hydrogens (tertiary/aromatic N) is 5. The molecule has 0 N–H and O–H groups in total. The van der Waals surface area contributed by atoms with Crippen LogP contribution in [0.15, 0.2) is 6.08 Å². The van der Waals surface area contributed by atoms with Crippen molar-refractivity contribution in [2.24, 2.45) is 0 Å². The van der Waals surface area contributed by atoms with E-state index in [1.54, 1.807) is 10.8 Å². The SMILES string of the molecule is CCCCn1nc(C)c(/C=C/C(=O)N(CC#N)CC#N)c1Cl. The number of unbranched alkanes of at least 4 members (excludes halogenated alkanes) is 1. The largest absolute Gasteiger partial charge is 0.313 e. The Morgan fingerprint density at radius 2 is 2.05 bits per heavy atom. The zero-order chi connectivity index (χ0) is 16.5. The molecule has 1 aromatic heterocycles. The van der Waals surface area contributed by atoms with E-state index in [4.69, 9.17) is 22.1 Å². The third-order valence-corrected chi connectivity index (χ3v) is 3.46. The van der Waals surface area contributed by atoms with Gasteiger partial charge >= 0.3 is 0 Å². The summed E-state index contributed by atoms with van der Waals surface area (Å²) in [4.78, 5) is 13.1. The first kappa shape index (κ1) is 17.7. The second kappa shape index (κ2) is 8.86. The lowest BCUT2D eigenvalue weighted by Crippen LogP contribution is -2.30. The lowest BCUT2D eigenvalue weighted by molar-refractivity contribution is -0.124. The average molecular weight is 320 g/mol. The number of hydrogen-bond donors (Lipinski definition) is 0. The Morgan fingerprint density at radius 1 is 1.41 bits per heavy atom. The first-order valence-electron chi connectivity index (χ1n) is 6.98. The van der Waals surface area contributed by atoms with Gasteiger partial charge in [0.2, 0.25) is 5.91 Å². The molecule has 0 atom stereocenters. The van der Waals surface area contributed by atoms with Crippen molar-refractivity contribution in [1.29, 1.82) is 10.5 Å². The number of aryl methyl sites for hydroxylation is 2. The summed E-state index contributed by atoms with van der Waals surface area (Å²) in [5.74, 6) is -0.403. The Hall–Kier alpha value is -2.31. The maximum Gasteiger partial charge on any atom is 0.248 e. The van der Waals surface area contributed by atoms with Gasteiger partial charge in [-0.15, -0.1) is 0 Å². The summed E-state index contributed by atoms with van der Waals surface area (Å²) in [5, 5.41) is 22.2. The summed E-state index contributed by atoms with van der Waals surface area (Å²) in [5.41, 5.74) is 1.41. The number of carbonyl (C=O) groups excluding carboxylic acids is 1. The van der Waals surface area contributed by atoms with Gasteiger partial charge in [-0.3, -0.25) is 9.48 Å². The van der Waals surface area contributed by atoms with Crippen LogP contribution in [0, 0.1) is 29.6 Å². The Balaban J connectivity index is 2.90. The number of halogens is 1. The highest BCUT2D eigenvalue weighted by molar-refractivity contribution is 6.31. The molecule has 0 aliphatic heterocycles. The van der Waals surface area contributed by atoms with Gasteiger partial charge in [0.15, 0.2) is 0 Å². The normalized spacial score (nSPS) is 10.4. The van der Waals surface area contributed by atoms with E-state index in [1.165, 1.54) is 6.08 Å². The minimum atomic E-state index is -0.403. The molecule has 0 bridgehead atoms. The second-order valence-corrected chi connectivity index (χ2v) is 5.07. The summed E-state index contributed by atoms with van der Waals surface area (Å²) in [6.45, 7) is 4.38. The lowest BCUT2D eigenvalue weighted by atomic mass is 10.2. The average Bonchev–Trinajstić information content (AvgIpc) is 2.76. The highest BCUT2D eigenvalue weighted by Crippen LogP contribution is 2.21. The van der Waals surface area contributed by atoms with Crippen molar-refractivity contribution in [3.63, 3.8) is 0 Å². The molecule has 0 spiro atoms. The molecule has 0 saturated carbocycles. The van der Waals surface area contributed by atoms with Crippen molar-refractivity contribution in [2.75, 3.05) is 13.1 Å². The van der Waals surface area contributed by atoms with Crippen molar-refractivity contribution >= 4 is 23.6 Å². The molecule has 0 unspecified atom stereocenters. The van der Waals surface area contributed by atoms with Crippen molar-refractivity contribution in [3.05, 3.63) is 22.5 Å². The number of amides is 1. The van der Waals surface area contributed by atoms with Gasteiger partial charge in [0.05, 0.1) is 17.8 Å². The molecule has 6 nitrogen and oxygen atoms in total. The topological polar surface area (TPSA) is 85.7 Å². The number of aromatic nitrogens is 2. The van der Waals surface area contributed by atoms with Crippen LogP contribution in [0.4, 0.5) is 0 Å². The highest BCUT2D eigenvalue weighted by Gasteiger charge is 2.13. The lowest BCUT2D eigenvalue weighted by Gasteiger charge is -2.12. The summed E-state index contributed by atoms with van der Waals surface area (Å²) in [7, 11) is 0. The van der Waals surface area contributed by atoms with E-state index < -0.39 is 5.91 Å². The second-order valence-electron chi connectivity index (χ2n) is 4.71. The van der Waals surface area contributed by atoms with Crippen LogP contribution in [0.25, 0.3) is 6.08 Å². The van der Waals surface area contributed by atoms with E-state index in [1.807, 2.05) is 19.1 Å². The van der Waals surface area contributed by atoms with Gasteiger partial charge < -0.3 is 4.90 Å². The van der Waals surface area contributed by atoms with Crippen molar-refractivity contribution in [2.45, 2.75) is 33.2 Å². The van der Waals surface area contributed by atoms with Crippen molar-refractivity contribution in [1.82, 2.24) is 14.7 Å². The van der Waals surface area contributed by atoms with Crippen LogP contribution in [0.5, 0.6) is 0 Å². The zero-order valence-corrected chi connectivity index (χ0v) is 13.5. The van der Waals surface area contributed by atoms with Gasteiger partial charge in [0.1, 0.15) is 18.2 Å². The van der Waals surface area contributed by atoms with Crippen LogP contribution >= 0.6 is 11.6 Å². The summed E-state index contributed by atoms with van der Waals surface area (Å²) < 4.78 is 1.72. The van der Waals surface area contributed by atoms with Crippen molar-refractivity contribution in [3.8, 4) is 12.1 Å². The Bertz CT molecular complexity index is 620. The van der Waals surface area contributed by atoms with Crippen LogP contribution in [-0.4, -0.2) is 33.7 Å². The van der Waals surface area contributed by atoms with E-state index >= 15 is 0 Å². The summed E-state index contributed by atoms with van der Waals surface area (Å²) in [6.07, 6.45) is 4.91.